The van der Waals surface area contributed by atoms with E-state index in [0.29, 0.717) is 13.1 Å². The third-order valence-corrected chi connectivity index (χ3v) is 6.88. The highest BCUT2D eigenvalue weighted by Crippen LogP contribution is 2.37. The summed E-state index contributed by atoms with van der Waals surface area (Å²) in [4.78, 5) is 31.2. The van der Waals surface area contributed by atoms with Gasteiger partial charge in [0.25, 0.3) is 0 Å². The third-order valence-electron chi connectivity index (χ3n) is 5.88. The van der Waals surface area contributed by atoms with Gasteiger partial charge in [0.1, 0.15) is 6.54 Å². The van der Waals surface area contributed by atoms with Gasteiger partial charge in [-0.2, -0.15) is 0 Å². The van der Waals surface area contributed by atoms with E-state index in [-0.39, 0.29) is 24.4 Å². The van der Waals surface area contributed by atoms with Crippen molar-refractivity contribution in [1.29, 1.82) is 0 Å². The first-order chi connectivity index (χ1) is 16.1. The summed E-state index contributed by atoms with van der Waals surface area (Å²) >= 11 is 1.75. The predicted molar refractivity (Wildman–Crippen MR) is 135 cm³/mol. The lowest BCUT2D eigenvalue weighted by atomic mass is 9.92. The van der Waals surface area contributed by atoms with Crippen molar-refractivity contribution in [2.45, 2.75) is 19.4 Å². The minimum Gasteiger partial charge on any atom is -0.330 e. The highest BCUT2D eigenvalue weighted by Gasteiger charge is 2.33. The van der Waals surface area contributed by atoms with Crippen LogP contribution in [0.3, 0.4) is 0 Å². The van der Waals surface area contributed by atoms with Crippen molar-refractivity contribution >= 4 is 29.2 Å². The number of aryl methyl sites for hydroxylation is 1. The van der Waals surface area contributed by atoms with Gasteiger partial charge in [-0.3, -0.25) is 9.59 Å². The first-order valence-corrected chi connectivity index (χ1v) is 12.0. The third kappa shape index (κ3) is 5.32. The Hall–Kier alpha value is -3.44. The van der Waals surface area contributed by atoms with Crippen LogP contribution in [0.1, 0.15) is 33.2 Å². The van der Waals surface area contributed by atoms with Gasteiger partial charge in [0.2, 0.25) is 11.8 Å². The number of rotatable bonds is 7. The van der Waals surface area contributed by atoms with Gasteiger partial charge in [-0.25, -0.2) is 0 Å². The molecule has 33 heavy (non-hydrogen) atoms. The molecular formula is C28H28N2O2S. The number of fused-ring (bicyclic) bond motifs is 1. The van der Waals surface area contributed by atoms with Crippen molar-refractivity contribution in [3.05, 3.63) is 112 Å². The maximum absolute atomic E-state index is 13.5. The molecule has 168 valence electrons. The second-order valence-electron chi connectivity index (χ2n) is 8.20. The number of nitrogens with zero attached hydrogens (tertiary/aromatic N) is 2. The second-order valence-corrected chi connectivity index (χ2v) is 9.20. The highest BCUT2D eigenvalue weighted by atomic mass is 32.1. The van der Waals surface area contributed by atoms with Gasteiger partial charge in [0.05, 0.1) is 6.04 Å². The van der Waals surface area contributed by atoms with Crippen molar-refractivity contribution in [3.8, 4) is 0 Å². The molecule has 0 bridgehead atoms. The van der Waals surface area contributed by atoms with Crippen LogP contribution in [0.4, 0.5) is 0 Å². The number of hydrogen-bond acceptors (Lipinski definition) is 3. The van der Waals surface area contributed by atoms with E-state index in [4.69, 9.17) is 0 Å². The zero-order valence-electron chi connectivity index (χ0n) is 18.8. The molecule has 1 aliphatic rings. The summed E-state index contributed by atoms with van der Waals surface area (Å²) < 4.78 is 0. The first-order valence-electron chi connectivity index (χ1n) is 11.1. The van der Waals surface area contributed by atoms with Crippen molar-refractivity contribution in [2.75, 3.05) is 19.6 Å². The molecule has 5 heteroatoms. The van der Waals surface area contributed by atoms with Crippen LogP contribution < -0.4 is 0 Å². The van der Waals surface area contributed by atoms with Crippen LogP contribution in [0.2, 0.25) is 0 Å². The molecule has 0 fully saturated rings. The lowest BCUT2D eigenvalue weighted by Crippen LogP contribution is -2.46. The number of benzene rings is 2. The SMILES string of the molecule is C=CCN(CC(=O)N1CCc2sccc2C1c1ccc(C)cc1)C(=O)C=Cc1ccccc1. The zero-order valence-corrected chi connectivity index (χ0v) is 19.6. The molecule has 1 aromatic heterocycles. The number of hydrogen-bond donors (Lipinski definition) is 0. The molecule has 2 heterocycles. The van der Waals surface area contributed by atoms with Crippen LogP contribution in [0.25, 0.3) is 6.08 Å². The maximum atomic E-state index is 13.5. The fraction of sp³-hybridized carbons (Fsp3) is 0.214. The second kappa shape index (κ2) is 10.5. The van der Waals surface area contributed by atoms with E-state index in [9.17, 15) is 9.59 Å². The normalized spacial score (nSPS) is 15.3. The van der Waals surface area contributed by atoms with Crippen molar-refractivity contribution in [1.82, 2.24) is 9.80 Å². The lowest BCUT2D eigenvalue weighted by Gasteiger charge is -2.37. The molecule has 3 aromatic rings. The average molecular weight is 457 g/mol. The first kappa shape index (κ1) is 22.7. The fourth-order valence-electron chi connectivity index (χ4n) is 4.17. The van der Waals surface area contributed by atoms with Gasteiger partial charge in [0.15, 0.2) is 0 Å². The monoisotopic (exact) mass is 456 g/mol. The van der Waals surface area contributed by atoms with Crippen molar-refractivity contribution in [3.63, 3.8) is 0 Å². The summed E-state index contributed by atoms with van der Waals surface area (Å²) in [6.07, 6.45) is 5.80. The molecule has 1 aliphatic heterocycles. The molecule has 2 aromatic carbocycles. The van der Waals surface area contributed by atoms with E-state index in [1.807, 2.05) is 35.2 Å². The van der Waals surface area contributed by atoms with Crippen LogP contribution in [-0.4, -0.2) is 41.2 Å². The Morgan fingerprint density at radius 1 is 1.12 bits per heavy atom. The van der Waals surface area contributed by atoms with Crippen LogP contribution in [-0.2, 0) is 16.0 Å². The van der Waals surface area contributed by atoms with Gasteiger partial charge in [0, 0.05) is 24.0 Å². The smallest absolute Gasteiger partial charge is 0.247 e. The Morgan fingerprint density at radius 3 is 2.61 bits per heavy atom. The Labute approximate surface area is 199 Å². The topological polar surface area (TPSA) is 40.6 Å². The molecule has 0 saturated carbocycles. The van der Waals surface area contributed by atoms with Gasteiger partial charge in [-0.05, 0) is 47.6 Å². The van der Waals surface area contributed by atoms with Crippen LogP contribution in [0.5, 0.6) is 0 Å². The summed E-state index contributed by atoms with van der Waals surface area (Å²) in [5.74, 6) is -0.257. The van der Waals surface area contributed by atoms with Crippen LogP contribution >= 0.6 is 11.3 Å². The quantitative estimate of drug-likeness (QED) is 0.359. The fourth-order valence-corrected chi connectivity index (χ4v) is 5.08. The van der Waals surface area contributed by atoms with Crippen molar-refractivity contribution < 1.29 is 9.59 Å². The average Bonchev–Trinajstić information content (AvgIpc) is 3.32. The number of carbonyl (C=O) groups excluding carboxylic acids is 2. The minimum absolute atomic E-state index is 0.0197. The molecule has 0 radical (unpaired) electrons. The summed E-state index contributed by atoms with van der Waals surface area (Å²) in [6.45, 7) is 6.81. The van der Waals surface area contributed by atoms with E-state index < -0.39 is 0 Å². The Morgan fingerprint density at radius 2 is 1.88 bits per heavy atom. The minimum atomic E-state index is -0.202. The van der Waals surface area contributed by atoms with E-state index in [0.717, 1.165) is 17.5 Å². The van der Waals surface area contributed by atoms with E-state index in [1.165, 1.54) is 22.1 Å². The molecule has 0 N–H and O–H groups in total. The summed E-state index contributed by atoms with van der Waals surface area (Å²) in [7, 11) is 0. The standard InChI is InChI=1S/C28H28N2O2S/c1-3-17-29(26(31)14-11-22-7-5-4-6-8-22)20-27(32)30-18-15-25-24(16-19-33-25)28(30)23-12-9-21(2)10-13-23/h3-14,16,19,28H,1,15,17-18,20H2,2H3. The molecule has 4 nitrogen and oxygen atoms in total. The van der Waals surface area contributed by atoms with E-state index in [1.54, 1.807) is 28.4 Å². The molecule has 4 rings (SSSR count). The largest absolute Gasteiger partial charge is 0.330 e. The molecule has 0 aliphatic carbocycles. The molecule has 0 spiro atoms. The Bertz CT molecular complexity index is 1150. The van der Waals surface area contributed by atoms with E-state index in [2.05, 4.69) is 49.2 Å². The maximum Gasteiger partial charge on any atom is 0.247 e. The van der Waals surface area contributed by atoms with Crippen molar-refractivity contribution in [2.24, 2.45) is 0 Å². The van der Waals surface area contributed by atoms with Gasteiger partial charge >= 0.3 is 0 Å². The van der Waals surface area contributed by atoms with Gasteiger partial charge in [-0.15, -0.1) is 17.9 Å². The molecule has 1 unspecified atom stereocenters. The Kier molecular flexibility index (Phi) is 7.20. The summed E-state index contributed by atoms with van der Waals surface area (Å²) in [6, 6.07) is 20.0. The van der Waals surface area contributed by atoms with Gasteiger partial charge in [-0.1, -0.05) is 66.2 Å². The highest BCUT2D eigenvalue weighted by molar-refractivity contribution is 7.10. The predicted octanol–water partition coefficient (Wildman–Crippen LogP) is 5.26. The summed E-state index contributed by atoms with van der Waals surface area (Å²) in [5, 5.41) is 2.10. The Balaban J connectivity index is 1.55. The molecular weight excluding hydrogens is 428 g/mol. The summed E-state index contributed by atoms with van der Waals surface area (Å²) in [5.41, 5.74) is 4.41. The number of amides is 2. The molecule has 2 amide bonds. The van der Waals surface area contributed by atoms with Crippen LogP contribution in [0.15, 0.2) is 84.8 Å². The van der Waals surface area contributed by atoms with Gasteiger partial charge < -0.3 is 9.80 Å². The van der Waals surface area contributed by atoms with Crippen LogP contribution in [0, 0.1) is 6.92 Å². The number of carbonyl (C=O) groups is 2. The lowest BCUT2D eigenvalue weighted by molar-refractivity contribution is -0.139. The zero-order chi connectivity index (χ0) is 23.2. The number of thiophene rings is 1. The van der Waals surface area contributed by atoms with E-state index >= 15 is 0 Å². The molecule has 0 saturated heterocycles. The molecule has 1 atom stereocenters.